The maximum Gasteiger partial charge on any atom is 0.309 e. The highest BCUT2D eigenvalue weighted by atomic mass is 16.7. The number of aliphatic hydroxyl groups excluding tert-OH is 2. The molecule has 3 fully saturated rings. The molecule has 0 aromatic heterocycles. The van der Waals surface area contributed by atoms with Gasteiger partial charge in [0.25, 0.3) is 0 Å². The van der Waals surface area contributed by atoms with Crippen molar-refractivity contribution in [3.63, 3.8) is 0 Å². The van der Waals surface area contributed by atoms with Crippen LogP contribution in [0.1, 0.15) is 108 Å². The summed E-state index contributed by atoms with van der Waals surface area (Å²) in [5.41, 5.74) is -0.536. The Morgan fingerprint density at radius 2 is 1.59 bits per heavy atom. The SMILES string of the molecule is CCC1OC(=O)CC(OC(C)=O)C(C)C(OC2OC(C)C(OC3CC(C)(O)C(O)C(C)O3)C(N(C)C)C2O)C(C=O)CC(C)C(OC2CCC(N(C)C)C(C)O2)C=CC(C)=CC1C. The van der Waals surface area contributed by atoms with Gasteiger partial charge in [0.2, 0.25) is 0 Å². The van der Waals surface area contributed by atoms with E-state index >= 15 is 0 Å². The maximum atomic E-state index is 13.7. The van der Waals surface area contributed by atoms with Crippen molar-refractivity contribution in [1.82, 2.24) is 9.80 Å². The van der Waals surface area contributed by atoms with Crippen molar-refractivity contribution in [2.24, 2.45) is 23.7 Å². The Bertz CT molecular complexity index is 1540. The van der Waals surface area contributed by atoms with Crippen LogP contribution in [0.25, 0.3) is 0 Å². The predicted molar refractivity (Wildman–Crippen MR) is 234 cm³/mol. The Morgan fingerprint density at radius 1 is 0.921 bits per heavy atom. The molecule has 4 aliphatic rings. The van der Waals surface area contributed by atoms with Gasteiger partial charge in [0.1, 0.15) is 36.8 Å². The zero-order chi connectivity index (χ0) is 47.1. The molecule has 3 saturated heterocycles. The first-order chi connectivity index (χ1) is 29.5. The molecule has 20 atom stereocenters. The van der Waals surface area contributed by atoms with E-state index in [-0.39, 0.29) is 43.2 Å². The topological polar surface area (TPSA) is 192 Å². The highest BCUT2D eigenvalue weighted by Gasteiger charge is 2.51. The minimum atomic E-state index is -1.48. The van der Waals surface area contributed by atoms with Gasteiger partial charge in [0, 0.05) is 37.1 Å². The van der Waals surface area contributed by atoms with Gasteiger partial charge in [-0.05, 0) is 94.4 Å². The normalized spacial score (nSPS) is 43.9. The van der Waals surface area contributed by atoms with E-state index in [0.717, 1.165) is 18.3 Å². The number of hydrogen-bond donors (Lipinski definition) is 3. The molecule has 20 unspecified atom stereocenters. The van der Waals surface area contributed by atoms with E-state index in [9.17, 15) is 29.7 Å². The van der Waals surface area contributed by atoms with Crippen molar-refractivity contribution in [1.29, 1.82) is 0 Å². The van der Waals surface area contributed by atoms with E-state index in [1.54, 1.807) is 39.8 Å². The van der Waals surface area contributed by atoms with E-state index < -0.39 is 109 Å². The number of esters is 2. The summed E-state index contributed by atoms with van der Waals surface area (Å²) in [5.74, 6) is -3.28. The average Bonchev–Trinajstić information content (AvgIpc) is 3.18. The third kappa shape index (κ3) is 14.1. The molecule has 4 rings (SSSR count). The van der Waals surface area contributed by atoms with Gasteiger partial charge in [-0.3, -0.25) is 9.59 Å². The van der Waals surface area contributed by atoms with Crippen molar-refractivity contribution in [2.45, 2.75) is 205 Å². The van der Waals surface area contributed by atoms with Crippen LogP contribution in [-0.4, -0.2) is 169 Å². The fraction of sp³-hybridized carbons (Fsp3) is 0.851. The summed E-state index contributed by atoms with van der Waals surface area (Å²) in [5, 5.41) is 33.6. The monoisotopic (exact) mass is 897 g/mol. The molecule has 63 heavy (non-hydrogen) atoms. The summed E-state index contributed by atoms with van der Waals surface area (Å²) in [6.07, 6.45) is -1.68. The standard InChI is InChI=1S/C47H80N2O14/c1-15-35-26(3)20-25(2)16-18-36(61-39-19-17-34(48(11)12)29(6)56-39)27(4)21-33(24-50)43(28(5)37(59-32(9)51)22-38(52)60-35)63-46-42(53)41(49(13)14)44(30(7)58-46)62-40-23-47(10,55)45(54)31(8)57-40/h16,18,20,24,26-31,33-37,39-46,53-55H,15,17,19,21-23H2,1-14H3. The number of aliphatic hydroxyl groups is 3. The number of carbonyl (C=O) groups is 3. The van der Waals surface area contributed by atoms with Gasteiger partial charge in [-0.15, -0.1) is 0 Å². The minimum absolute atomic E-state index is 0.0210. The summed E-state index contributed by atoms with van der Waals surface area (Å²) >= 11 is 0. The van der Waals surface area contributed by atoms with Gasteiger partial charge in [-0.1, -0.05) is 51.5 Å². The Balaban J connectivity index is 1.73. The first kappa shape index (κ1) is 53.3. The van der Waals surface area contributed by atoms with E-state index in [0.29, 0.717) is 12.8 Å². The van der Waals surface area contributed by atoms with Gasteiger partial charge in [-0.2, -0.15) is 0 Å². The molecule has 362 valence electrons. The van der Waals surface area contributed by atoms with Crippen molar-refractivity contribution >= 4 is 18.2 Å². The van der Waals surface area contributed by atoms with Crippen molar-refractivity contribution < 1.29 is 67.6 Å². The molecular formula is C47H80N2O14. The lowest BCUT2D eigenvalue weighted by molar-refractivity contribution is -0.341. The van der Waals surface area contributed by atoms with Crippen molar-refractivity contribution in [3.05, 3.63) is 23.8 Å². The highest BCUT2D eigenvalue weighted by Crippen LogP contribution is 2.38. The van der Waals surface area contributed by atoms with Crippen LogP contribution in [0.2, 0.25) is 0 Å². The number of hydrogen-bond acceptors (Lipinski definition) is 16. The molecule has 0 radical (unpaired) electrons. The molecule has 0 bridgehead atoms. The van der Waals surface area contributed by atoms with Gasteiger partial charge in [0.05, 0.1) is 48.6 Å². The van der Waals surface area contributed by atoms with Crippen LogP contribution in [0.3, 0.4) is 0 Å². The van der Waals surface area contributed by atoms with Gasteiger partial charge in [0.15, 0.2) is 18.9 Å². The largest absolute Gasteiger partial charge is 0.462 e. The number of cyclic esters (lactones) is 1. The molecule has 4 aliphatic heterocycles. The third-order valence-corrected chi connectivity index (χ3v) is 13.5. The summed E-state index contributed by atoms with van der Waals surface area (Å²) < 4.78 is 50.6. The van der Waals surface area contributed by atoms with Crippen molar-refractivity contribution in [2.75, 3.05) is 28.2 Å². The number of aldehydes is 1. The molecule has 0 amide bonds. The quantitative estimate of drug-likeness (QED) is 0.198. The van der Waals surface area contributed by atoms with E-state index in [2.05, 4.69) is 11.0 Å². The fourth-order valence-corrected chi connectivity index (χ4v) is 9.88. The smallest absolute Gasteiger partial charge is 0.309 e. The number of likely N-dealkylation sites (N-methyl/N-ethyl adjacent to an activating group) is 2. The first-order valence-corrected chi connectivity index (χ1v) is 23.0. The summed E-state index contributed by atoms with van der Waals surface area (Å²) in [7, 11) is 7.65. The van der Waals surface area contributed by atoms with Crippen LogP contribution in [0.4, 0.5) is 0 Å². The summed E-state index contributed by atoms with van der Waals surface area (Å²) in [4.78, 5) is 43.8. The lowest BCUT2D eigenvalue weighted by Crippen LogP contribution is -2.65. The molecule has 0 aromatic carbocycles. The van der Waals surface area contributed by atoms with Crippen LogP contribution >= 0.6 is 0 Å². The highest BCUT2D eigenvalue weighted by molar-refractivity contribution is 5.72. The Hall–Kier alpha value is -2.35. The van der Waals surface area contributed by atoms with E-state index in [1.807, 2.05) is 60.9 Å². The Labute approximate surface area is 375 Å². The third-order valence-electron chi connectivity index (χ3n) is 13.5. The molecule has 16 nitrogen and oxygen atoms in total. The average molecular weight is 897 g/mol. The Morgan fingerprint density at radius 3 is 2.16 bits per heavy atom. The zero-order valence-corrected chi connectivity index (χ0v) is 40.2. The number of nitrogens with zero attached hydrogens (tertiary/aromatic N) is 2. The van der Waals surface area contributed by atoms with Crippen molar-refractivity contribution in [3.8, 4) is 0 Å². The number of allylic oxidation sites excluding steroid dienone is 2. The number of ether oxygens (including phenoxy) is 8. The molecule has 3 N–H and O–H groups in total. The summed E-state index contributed by atoms with van der Waals surface area (Å²) in [6.45, 7) is 17.9. The maximum absolute atomic E-state index is 13.7. The number of rotatable bonds is 11. The molecule has 0 spiro atoms. The Kier molecular flexibility index (Phi) is 19.8. The lowest BCUT2D eigenvalue weighted by atomic mass is 9.81. The van der Waals surface area contributed by atoms with E-state index in [1.165, 1.54) is 13.8 Å². The molecule has 0 aliphatic carbocycles. The molecule has 0 saturated carbocycles. The second-order valence-corrected chi connectivity index (χ2v) is 19.4. The van der Waals surface area contributed by atoms with Gasteiger partial charge >= 0.3 is 11.9 Å². The van der Waals surface area contributed by atoms with E-state index in [4.69, 9.17) is 37.9 Å². The van der Waals surface area contributed by atoms with Gasteiger partial charge in [-0.25, -0.2) is 0 Å². The zero-order valence-electron chi connectivity index (χ0n) is 40.2. The number of carbonyl (C=O) groups excluding carboxylic acids is 3. The minimum Gasteiger partial charge on any atom is -0.462 e. The second kappa shape index (κ2) is 23.4. The molecular weight excluding hydrogens is 817 g/mol. The lowest BCUT2D eigenvalue weighted by Gasteiger charge is -2.50. The van der Waals surface area contributed by atoms with Crippen LogP contribution in [0.5, 0.6) is 0 Å². The molecule has 4 heterocycles. The van der Waals surface area contributed by atoms with Gasteiger partial charge < -0.3 is 67.8 Å². The van der Waals surface area contributed by atoms with Crippen LogP contribution in [0.15, 0.2) is 23.8 Å². The molecule has 0 aromatic rings. The fourth-order valence-electron chi connectivity index (χ4n) is 9.88. The predicted octanol–water partition coefficient (Wildman–Crippen LogP) is 4.15. The van der Waals surface area contributed by atoms with Crippen LogP contribution in [-0.2, 0) is 52.3 Å². The molecule has 16 heteroatoms. The van der Waals surface area contributed by atoms with Crippen LogP contribution < -0.4 is 0 Å². The summed E-state index contributed by atoms with van der Waals surface area (Å²) in [6, 6.07) is -0.490. The van der Waals surface area contributed by atoms with Crippen LogP contribution in [0, 0.1) is 23.7 Å². The first-order valence-electron chi connectivity index (χ1n) is 23.0. The second-order valence-electron chi connectivity index (χ2n) is 19.4.